The summed E-state index contributed by atoms with van der Waals surface area (Å²) in [4.78, 5) is 22.4. The highest BCUT2D eigenvalue weighted by Gasteiger charge is 2.14. The molecule has 2 rings (SSSR count). The van der Waals surface area contributed by atoms with Gasteiger partial charge in [0.2, 0.25) is 11.7 Å². The van der Waals surface area contributed by atoms with Crippen molar-refractivity contribution in [1.82, 2.24) is 0 Å². The SMILES string of the molecule is COc1cc(/C=C/C(=O)Nc2ccc(Cl)c([N+](=O)[O-])c2)cc(OC)c1OC. The van der Waals surface area contributed by atoms with E-state index in [0.29, 0.717) is 22.8 Å². The Morgan fingerprint density at radius 3 is 2.26 bits per heavy atom. The fourth-order valence-electron chi connectivity index (χ4n) is 2.28. The molecule has 0 fully saturated rings. The predicted molar refractivity (Wildman–Crippen MR) is 102 cm³/mol. The summed E-state index contributed by atoms with van der Waals surface area (Å²) in [6.45, 7) is 0. The molecule has 2 aromatic carbocycles. The topological polar surface area (TPSA) is 99.9 Å². The maximum atomic E-state index is 12.1. The number of nitro groups is 1. The van der Waals surface area contributed by atoms with Gasteiger partial charge in [0.15, 0.2) is 11.5 Å². The molecule has 0 aliphatic heterocycles. The molecule has 142 valence electrons. The molecule has 0 bridgehead atoms. The lowest BCUT2D eigenvalue weighted by atomic mass is 10.1. The highest BCUT2D eigenvalue weighted by atomic mass is 35.5. The zero-order valence-electron chi connectivity index (χ0n) is 14.8. The second-order valence-electron chi connectivity index (χ2n) is 5.20. The third-order valence-corrected chi connectivity index (χ3v) is 3.84. The number of nitrogens with zero attached hydrogens (tertiary/aromatic N) is 1. The smallest absolute Gasteiger partial charge is 0.289 e. The summed E-state index contributed by atoms with van der Waals surface area (Å²) in [7, 11) is 4.48. The number of carbonyl (C=O) groups excluding carboxylic acids is 1. The standard InChI is InChI=1S/C18H17ClN2O6/c1-25-15-8-11(9-16(26-2)18(15)27-3)4-7-17(22)20-12-5-6-13(19)14(10-12)21(23)24/h4-10H,1-3H3,(H,20,22)/b7-4+. The Morgan fingerprint density at radius 2 is 1.74 bits per heavy atom. The summed E-state index contributed by atoms with van der Waals surface area (Å²) in [6, 6.07) is 7.36. The summed E-state index contributed by atoms with van der Waals surface area (Å²) in [5, 5.41) is 13.4. The number of nitro benzene ring substituents is 1. The molecule has 0 radical (unpaired) electrons. The predicted octanol–water partition coefficient (Wildman–Crippen LogP) is 3.93. The van der Waals surface area contributed by atoms with Gasteiger partial charge in [0.05, 0.1) is 26.3 Å². The number of hydrogen-bond donors (Lipinski definition) is 1. The van der Waals surface area contributed by atoms with Crippen molar-refractivity contribution >= 4 is 35.0 Å². The van der Waals surface area contributed by atoms with Crippen LogP contribution >= 0.6 is 11.6 Å². The lowest BCUT2D eigenvalue weighted by molar-refractivity contribution is -0.384. The molecule has 0 aromatic heterocycles. The minimum absolute atomic E-state index is 0.00837. The van der Waals surface area contributed by atoms with Gasteiger partial charge in [-0.2, -0.15) is 0 Å². The molecule has 1 N–H and O–H groups in total. The quantitative estimate of drug-likeness (QED) is 0.435. The Kier molecular flexibility index (Phi) is 6.62. The van der Waals surface area contributed by atoms with E-state index in [1.54, 1.807) is 18.2 Å². The van der Waals surface area contributed by atoms with E-state index in [9.17, 15) is 14.9 Å². The number of anilines is 1. The normalized spacial score (nSPS) is 10.5. The van der Waals surface area contributed by atoms with Crippen molar-refractivity contribution in [2.75, 3.05) is 26.6 Å². The molecule has 0 aliphatic rings. The van der Waals surface area contributed by atoms with E-state index in [-0.39, 0.29) is 16.4 Å². The molecule has 0 saturated carbocycles. The zero-order valence-corrected chi connectivity index (χ0v) is 15.6. The van der Waals surface area contributed by atoms with Crippen LogP contribution in [0.5, 0.6) is 17.2 Å². The van der Waals surface area contributed by atoms with Crippen molar-refractivity contribution in [2.45, 2.75) is 0 Å². The van der Waals surface area contributed by atoms with Gasteiger partial charge in [-0.1, -0.05) is 11.6 Å². The molecule has 0 aliphatic carbocycles. The van der Waals surface area contributed by atoms with Crippen molar-refractivity contribution < 1.29 is 23.9 Å². The van der Waals surface area contributed by atoms with Crippen molar-refractivity contribution in [3.63, 3.8) is 0 Å². The molecule has 0 saturated heterocycles. The molecule has 2 aromatic rings. The highest BCUT2D eigenvalue weighted by molar-refractivity contribution is 6.32. The van der Waals surface area contributed by atoms with Crippen LogP contribution in [0.15, 0.2) is 36.4 Å². The van der Waals surface area contributed by atoms with E-state index in [0.717, 1.165) is 0 Å². The molecule has 1 amide bonds. The van der Waals surface area contributed by atoms with Gasteiger partial charge in [-0.05, 0) is 35.9 Å². The van der Waals surface area contributed by atoms with Crippen molar-refractivity contribution in [1.29, 1.82) is 0 Å². The summed E-state index contributed by atoms with van der Waals surface area (Å²) in [5.41, 5.74) is 0.607. The molecule has 27 heavy (non-hydrogen) atoms. The van der Waals surface area contributed by atoms with Crippen LogP contribution in [0.2, 0.25) is 5.02 Å². The number of rotatable bonds is 7. The van der Waals surface area contributed by atoms with Crippen LogP contribution in [-0.4, -0.2) is 32.2 Å². The first kappa shape index (κ1) is 20.1. The lowest BCUT2D eigenvalue weighted by Gasteiger charge is -2.12. The van der Waals surface area contributed by atoms with Crippen LogP contribution in [0.25, 0.3) is 6.08 Å². The first-order valence-corrected chi connectivity index (χ1v) is 8.00. The summed E-state index contributed by atoms with van der Waals surface area (Å²) >= 11 is 5.75. The number of benzene rings is 2. The van der Waals surface area contributed by atoms with Gasteiger partial charge in [-0.3, -0.25) is 14.9 Å². The Bertz CT molecular complexity index is 872. The summed E-state index contributed by atoms with van der Waals surface area (Å²) in [5.74, 6) is 0.867. The number of halogens is 1. The van der Waals surface area contributed by atoms with Gasteiger partial charge < -0.3 is 19.5 Å². The number of hydrogen-bond acceptors (Lipinski definition) is 6. The van der Waals surface area contributed by atoms with Crippen molar-refractivity contribution in [2.24, 2.45) is 0 Å². The zero-order chi connectivity index (χ0) is 20.0. The van der Waals surface area contributed by atoms with Crippen LogP contribution in [0.1, 0.15) is 5.56 Å². The Balaban J connectivity index is 2.20. The van der Waals surface area contributed by atoms with Crippen LogP contribution in [0.4, 0.5) is 11.4 Å². The number of carbonyl (C=O) groups is 1. The van der Waals surface area contributed by atoms with E-state index < -0.39 is 10.8 Å². The average molecular weight is 393 g/mol. The first-order valence-electron chi connectivity index (χ1n) is 7.62. The van der Waals surface area contributed by atoms with E-state index in [2.05, 4.69) is 5.32 Å². The summed E-state index contributed by atoms with van der Waals surface area (Å²) < 4.78 is 15.7. The fraction of sp³-hybridized carbons (Fsp3) is 0.167. The minimum Gasteiger partial charge on any atom is -0.493 e. The van der Waals surface area contributed by atoms with Crippen molar-refractivity contribution in [3.05, 3.63) is 57.1 Å². The van der Waals surface area contributed by atoms with E-state index in [1.807, 2.05) is 0 Å². The van der Waals surface area contributed by atoms with Gasteiger partial charge >= 0.3 is 0 Å². The Labute approximate surface area is 160 Å². The lowest BCUT2D eigenvalue weighted by Crippen LogP contribution is -2.08. The first-order chi connectivity index (χ1) is 12.9. The van der Waals surface area contributed by atoms with Gasteiger partial charge in [0, 0.05) is 17.8 Å². The number of methoxy groups -OCH3 is 3. The van der Waals surface area contributed by atoms with Crippen LogP contribution in [0.3, 0.4) is 0 Å². The molecule has 0 unspecified atom stereocenters. The van der Waals surface area contributed by atoms with Gasteiger partial charge in [0.25, 0.3) is 5.69 Å². The van der Waals surface area contributed by atoms with Crippen LogP contribution in [-0.2, 0) is 4.79 Å². The van der Waals surface area contributed by atoms with Gasteiger partial charge in [0.1, 0.15) is 5.02 Å². The van der Waals surface area contributed by atoms with Crippen LogP contribution in [0, 0.1) is 10.1 Å². The Hall–Kier alpha value is -3.26. The maximum Gasteiger partial charge on any atom is 0.289 e. The van der Waals surface area contributed by atoms with E-state index in [1.165, 1.54) is 45.6 Å². The molecule has 9 heteroatoms. The third kappa shape index (κ3) is 4.89. The van der Waals surface area contributed by atoms with Crippen LogP contribution < -0.4 is 19.5 Å². The monoisotopic (exact) mass is 392 g/mol. The second-order valence-corrected chi connectivity index (χ2v) is 5.61. The van der Waals surface area contributed by atoms with E-state index >= 15 is 0 Å². The highest BCUT2D eigenvalue weighted by Crippen LogP contribution is 2.38. The number of ether oxygens (including phenoxy) is 3. The molecule has 0 atom stereocenters. The maximum absolute atomic E-state index is 12.1. The molecular formula is C18H17ClN2O6. The second kappa shape index (κ2) is 8.91. The largest absolute Gasteiger partial charge is 0.493 e. The number of amides is 1. The molecule has 0 heterocycles. The minimum atomic E-state index is -0.621. The Morgan fingerprint density at radius 1 is 1.11 bits per heavy atom. The van der Waals surface area contributed by atoms with Crippen molar-refractivity contribution in [3.8, 4) is 17.2 Å². The molecule has 8 nitrogen and oxygen atoms in total. The van der Waals surface area contributed by atoms with Gasteiger partial charge in [-0.25, -0.2) is 0 Å². The summed E-state index contributed by atoms with van der Waals surface area (Å²) in [6.07, 6.45) is 2.82. The fourth-order valence-corrected chi connectivity index (χ4v) is 2.47. The average Bonchev–Trinajstić information content (AvgIpc) is 2.66. The molecule has 0 spiro atoms. The number of nitrogens with one attached hydrogen (secondary N) is 1. The van der Waals surface area contributed by atoms with E-state index in [4.69, 9.17) is 25.8 Å². The third-order valence-electron chi connectivity index (χ3n) is 3.52. The van der Waals surface area contributed by atoms with Gasteiger partial charge in [-0.15, -0.1) is 0 Å². The molecular weight excluding hydrogens is 376 g/mol.